The van der Waals surface area contributed by atoms with E-state index in [0.29, 0.717) is 10.6 Å². The number of hydrogen-bond acceptors (Lipinski definition) is 3. The zero-order valence-corrected chi connectivity index (χ0v) is 11.9. The van der Waals surface area contributed by atoms with Gasteiger partial charge in [0, 0.05) is 0 Å². The van der Waals surface area contributed by atoms with E-state index in [-0.39, 0.29) is 17.1 Å². The summed E-state index contributed by atoms with van der Waals surface area (Å²) in [4.78, 5) is 23.6. The summed E-state index contributed by atoms with van der Waals surface area (Å²) in [6.07, 6.45) is 0. The molecule has 102 valence electrons. The maximum atomic E-state index is 12.1. The van der Waals surface area contributed by atoms with Crippen molar-refractivity contribution in [3.8, 4) is 5.75 Å². The number of Topliss-reactive ketones (excluding diaryl/α,β-unsaturated/α-hetero) is 1. The van der Waals surface area contributed by atoms with Crippen LogP contribution < -0.4 is 4.74 Å². The van der Waals surface area contributed by atoms with E-state index in [9.17, 15) is 9.59 Å². The van der Waals surface area contributed by atoms with Gasteiger partial charge in [-0.1, -0.05) is 29.8 Å². The number of carbonyl (C=O) groups excluding carboxylic acids is 2. The van der Waals surface area contributed by atoms with E-state index >= 15 is 0 Å². The van der Waals surface area contributed by atoms with Crippen LogP contribution in [0.1, 0.15) is 33.2 Å². The van der Waals surface area contributed by atoms with E-state index in [2.05, 4.69) is 0 Å². The molecule has 2 aromatic rings. The molecule has 0 spiro atoms. The molecule has 0 N–H and O–H groups in total. The van der Waals surface area contributed by atoms with Gasteiger partial charge in [-0.05, 0) is 43.7 Å². The van der Waals surface area contributed by atoms with Gasteiger partial charge in [0.25, 0.3) is 0 Å². The highest BCUT2D eigenvalue weighted by molar-refractivity contribution is 6.33. The highest BCUT2D eigenvalue weighted by Gasteiger charge is 2.16. The second-order valence-electron chi connectivity index (χ2n) is 4.43. The molecular weight excluding hydrogens is 276 g/mol. The topological polar surface area (TPSA) is 43.4 Å². The summed E-state index contributed by atoms with van der Waals surface area (Å²) in [6, 6.07) is 11.7. The summed E-state index contributed by atoms with van der Waals surface area (Å²) in [5.41, 5.74) is 1.54. The molecule has 0 saturated heterocycles. The molecule has 0 unspecified atom stereocenters. The Bertz CT molecular complexity index is 677. The van der Waals surface area contributed by atoms with Crippen LogP contribution >= 0.6 is 11.6 Å². The van der Waals surface area contributed by atoms with E-state index in [1.54, 1.807) is 42.5 Å². The Labute approximate surface area is 122 Å². The Morgan fingerprint density at radius 1 is 1.05 bits per heavy atom. The van der Waals surface area contributed by atoms with Crippen LogP contribution in [0, 0.1) is 6.92 Å². The maximum absolute atomic E-state index is 12.1. The number of aryl methyl sites for hydroxylation is 1. The van der Waals surface area contributed by atoms with Crippen LogP contribution in [0.15, 0.2) is 42.5 Å². The predicted molar refractivity (Wildman–Crippen MR) is 77.6 cm³/mol. The normalized spacial score (nSPS) is 10.2. The molecule has 0 aliphatic rings. The fourth-order valence-electron chi connectivity index (χ4n) is 1.79. The van der Waals surface area contributed by atoms with Crippen molar-refractivity contribution < 1.29 is 14.3 Å². The summed E-state index contributed by atoms with van der Waals surface area (Å²) < 4.78 is 5.31. The van der Waals surface area contributed by atoms with Gasteiger partial charge in [0.05, 0.1) is 16.1 Å². The average Bonchev–Trinajstić information content (AvgIpc) is 2.38. The lowest BCUT2D eigenvalue weighted by Crippen LogP contribution is -2.11. The molecule has 0 fully saturated rings. The van der Waals surface area contributed by atoms with Gasteiger partial charge in [-0.2, -0.15) is 0 Å². The van der Waals surface area contributed by atoms with Crippen molar-refractivity contribution in [2.75, 3.05) is 0 Å². The third-order valence-electron chi connectivity index (χ3n) is 2.81. The van der Waals surface area contributed by atoms with Crippen LogP contribution in [-0.2, 0) is 0 Å². The van der Waals surface area contributed by atoms with E-state index < -0.39 is 5.97 Å². The lowest BCUT2D eigenvalue weighted by Gasteiger charge is -2.09. The van der Waals surface area contributed by atoms with Crippen molar-refractivity contribution in [3.05, 3.63) is 64.2 Å². The average molecular weight is 289 g/mol. The molecule has 0 aromatic heterocycles. The van der Waals surface area contributed by atoms with Gasteiger partial charge >= 0.3 is 5.97 Å². The van der Waals surface area contributed by atoms with Crippen LogP contribution in [-0.4, -0.2) is 11.8 Å². The molecule has 0 saturated carbocycles. The monoisotopic (exact) mass is 288 g/mol. The third kappa shape index (κ3) is 3.06. The first kappa shape index (κ1) is 14.3. The van der Waals surface area contributed by atoms with Crippen molar-refractivity contribution in [1.29, 1.82) is 0 Å². The molecule has 0 aliphatic carbocycles. The quantitative estimate of drug-likeness (QED) is 0.486. The Hall–Kier alpha value is -2.13. The largest absolute Gasteiger partial charge is 0.422 e. The van der Waals surface area contributed by atoms with Crippen molar-refractivity contribution in [2.24, 2.45) is 0 Å². The highest BCUT2D eigenvalue weighted by Crippen LogP contribution is 2.23. The summed E-state index contributed by atoms with van der Waals surface area (Å²) in [5, 5.41) is 0.314. The van der Waals surface area contributed by atoms with Crippen LogP contribution in [0.3, 0.4) is 0 Å². The first-order chi connectivity index (χ1) is 9.49. The first-order valence-corrected chi connectivity index (χ1v) is 6.45. The summed E-state index contributed by atoms with van der Waals surface area (Å²) in [7, 11) is 0. The molecule has 2 aromatic carbocycles. The van der Waals surface area contributed by atoms with Crippen LogP contribution in [0.5, 0.6) is 5.75 Å². The van der Waals surface area contributed by atoms with Crippen molar-refractivity contribution in [3.63, 3.8) is 0 Å². The smallest absolute Gasteiger partial charge is 0.345 e. The predicted octanol–water partition coefficient (Wildman–Crippen LogP) is 4.07. The number of esters is 1. The number of hydrogen-bond donors (Lipinski definition) is 0. The van der Waals surface area contributed by atoms with Gasteiger partial charge < -0.3 is 4.74 Å². The first-order valence-electron chi connectivity index (χ1n) is 6.07. The lowest BCUT2D eigenvalue weighted by atomic mass is 10.1. The molecule has 20 heavy (non-hydrogen) atoms. The lowest BCUT2D eigenvalue weighted by molar-refractivity contribution is 0.0733. The molecule has 0 heterocycles. The molecule has 3 nitrogen and oxygen atoms in total. The fraction of sp³-hybridized carbons (Fsp3) is 0.125. The number of halogens is 1. The van der Waals surface area contributed by atoms with E-state index in [0.717, 1.165) is 5.56 Å². The van der Waals surface area contributed by atoms with Gasteiger partial charge in [-0.3, -0.25) is 4.79 Å². The molecule has 0 amide bonds. The third-order valence-corrected chi connectivity index (χ3v) is 3.14. The van der Waals surface area contributed by atoms with Gasteiger partial charge in [0.2, 0.25) is 0 Å². The van der Waals surface area contributed by atoms with Crippen LogP contribution in [0.2, 0.25) is 5.02 Å². The summed E-state index contributed by atoms with van der Waals surface area (Å²) >= 11 is 5.95. The Morgan fingerprint density at radius 2 is 1.75 bits per heavy atom. The minimum atomic E-state index is -0.580. The maximum Gasteiger partial charge on any atom is 0.345 e. The number of carbonyl (C=O) groups is 2. The van der Waals surface area contributed by atoms with Gasteiger partial charge in [-0.25, -0.2) is 4.79 Å². The molecule has 0 bridgehead atoms. The van der Waals surface area contributed by atoms with Gasteiger partial charge in [0.15, 0.2) is 5.78 Å². The zero-order valence-electron chi connectivity index (χ0n) is 11.1. The van der Waals surface area contributed by atoms with Gasteiger partial charge in [0.1, 0.15) is 5.75 Å². The molecule has 0 atom stereocenters. The standard InChI is InChI=1S/C16H13ClO3/c1-10-7-8-12(11(2)18)15(9-10)20-16(19)13-5-3-4-6-14(13)17/h3-9H,1-2H3. The molecule has 2 rings (SSSR count). The minimum absolute atomic E-state index is 0.160. The Kier molecular flexibility index (Phi) is 4.20. The second-order valence-corrected chi connectivity index (χ2v) is 4.83. The van der Waals surface area contributed by atoms with Crippen molar-refractivity contribution >= 4 is 23.4 Å². The van der Waals surface area contributed by atoms with E-state index in [1.807, 2.05) is 6.92 Å². The van der Waals surface area contributed by atoms with Gasteiger partial charge in [-0.15, -0.1) is 0 Å². The summed E-state index contributed by atoms with van der Waals surface area (Å²) in [5.74, 6) is -0.488. The van der Waals surface area contributed by atoms with Crippen LogP contribution in [0.25, 0.3) is 0 Å². The zero-order chi connectivity index (χ0) is 14.7. The number of benzene rings is 2. The van der Waals surface area contributed by atoms with Crippen molar-refractivity contribution in [2.45, 2.75) is 13.8 Å². The highest BCUT2D eigenvalue weighted by atomic mass is 35.5. The molecular formula is C16H13ClO3. The van der Waals surface area contributed by atoms with E-state index in [4.69, 9.17) is 16.3 Å². The fourth-order valence-corrected chi connectivity index (χ4v) is 2.00. The van der Waals surface area contributed by atoms with Crippen molar-refractivity contribution in [1.82, 2.24) is 0 Å². The molecule has 0 aliphatic heterocycles. The SMILES string of the molecule is CC(=O)c1ccc(C)cc1OC(=O)c1ccccc1Cl. The molecule has 0 radical (unpaired) electrons. The van der Waals surface area contributed by atoms with Crippen LogP contribution in [0.4, 0.5) is 0 Å². The van der Waals surface area contributed by atoms with E-state index in [1.165, 1.54) is 6.92 Å². The number of ether oxygens (including phenoxy) is 1. The summed E-state index contributed by atoms with van der Waals surface area (Å²) in [6.45, 7) is 3.29. The Balaban J connectivity index is 2.35. The minimum Gasteiger partial charge on any atom is -0.422 e. The molecule has 4 heteroatoms. The second kappa shape index (κ2) is 5.88. The number of ketones is 1. The number of rotatable bonds is 3. The Morgan fingerprint density at radius 3 is 2.40 bits per heavy atom.